The van der Waals surface area contributed by atoms with Crippen molar-refractivity contribution in [3.05, 3.63) is 65.8 Å². The minimum absolute atomic E-state index is 0.783. The van der Waals surface area contributed by atoms with Crippen LogP contribution in [-0.4, -0.2) is 0 Å². The predicted octanol–water partition coefficient (Wildman–Crippen LogP) is 3.51. The van der Waals surface area contributed by atoms with Crippen LogP contribution in [0.3, 0.4) is 0 Å². The van der Waals surface area contributed by atoms with Gasteiger partial charge in [-0.2, -0.15) is 0 Å². The number of nitrogens with two attached hydrogens (primary N) is 1. The fourth-order valence-corrected chi connectivity index (χ4v) is 1.39. The third-order valence-corrected chi connectivity index (χ3v) is 1.96. The Morgan fingerprint density at radius 3 is 2.27 bits per heavy atom. The minimum Gasteiger partial charge on any atom is -0.398 e. The summed E-state index contributed by atoms with van der Waals surface area (Å²) in [7, 11) is 0. The van der Waals surface area contributed by atoms with Gasteiger partial charge < -0.3 is 5.73 Å². The Morgan fingerprint density at radius 1 is 1.13 bits per heavy atom. The lowest BCUT2D eigenvalue weighted by molar-refractivity contribution is 1.42. The summed E-state index contributed by atoms with van der Waals surface area (Å²) in [5, 5.41) is 0. The average molecular weight is 199 g/mol. The first-order chi connectivity index (χ1) is 7.09. The molecule has 2 N–H and O–H groups in total. The second kappa shape index (κ2) is 5.20. The Hall–Kier alpha value is -1.76. The molecule has 0 aliphatic rings. The molecule has 0 bridgehead atoms. The van der Waals surface area contributed by atoms with Crippen molar-refractivity contribution in [1.29, 1.82) is 0 Å². The van der Waals surface area contributed by atoms with Gasteiger partial charge in [0.25, 0.3) is 0 Å². The van der Waals surface area contributed by atoms with Crippen LogP contribution in [0, 0.1) is 0 Å². The van der Waals surface area contributed by atoms with Crippen LogP contribution < -0.4 is 5.73 Å². The van der Waals surface area contributed by atoms with Crippen molar-refractivity contribution in [1.82, 2.24) is 0 Å². The molecule has 0 unspecified atom stereocenters. The van der Waals surface area contributed by atoms with Crippen LogP contribution >= 0.6 is 0 Å². The van der Waals surface area contributed by atoms with E-state index >= 15 is 0 Å². The Bertz CT molecular complexity index is 397. The average Bonchev–Trinajstić information content (AvgIpc) is 2.17. The Balaban J connectivity index is 2.90. The van der Waals surface area contributed by atoms with E-state index in [1.807, 2.05) is 56.3 Å². The van der Waals surface area contributed by atoms with E-state index < -0.39 is 0 Å². The molecule has 0 aliphatic heterocycles. The second-order valence-electron chi connectivity index (χ2n) is 3.70. The molecule has 0 spiro atoms. The van der Waals surface area contributed by atoms with Gasteiger partial charge in [0.1, 0.15) is 0 Å². The van der Waals surface area contributed by atoms with Crippen LogP contribution in [0.15, 0.2) is 60.2 Å². The summed E-state index contributed by atoms with van der Waals surface area (Å²) in [5.74, 6) is 0. The van der Waals surface area contributed by atoms with E-state index in [1.165, 1.54) is 0 Å². The number of hydrogen-bond donors (Lipinski definition) is 1. The highest BCUT2D eigenvalue weighted by molar-refractivity contribution is 5.65. The Kier molecular flexibility index (Phi) is 3.92. The summed E-state index contributed by atoms with van der Waals surface area (Å²) in [5.41, 5.74) is 9.94. The maximum absolute atomic E-state index is 5.96. The highest BCUT2D eigenvalue weighted by atomic mass is 14.6. The summed E-state index contributed by atoms with van der Waals surface area (Å²) >= 11 is 0. The van der Waals surface area contributed by atoms with Crippen molar-refractivity contribution in [2.24, 2.45) is 5.73 Å². The quantitative estimate of drug-likeness (QED) is 0.741. The van der Waals surface area contributed by atoms with Gasteiger partial charge in [0.15, 0.2) is 0 Å². The van der Waals surface area contributed by atoms with Crippen LogP contribution in [0.4, 0.5) is 0 Å². The molecule has 0 saturated heterocycles. The van der Waals surface area contributed by atoms with Crippen molar-refractivity contribution in [3.63, 3.8) is 0 Å². The molecular formula is C14H17N. The largest absolute Gasteiger partial charge is 0.398 e. The molecule has 0 aromatic heterocycles. The molecule has 1 rings (SSSR count). The first-order valence-corrected chi connectivity index (χ1v) is 4.96. The van der Waals surface area contributed by atoms with Crippen LogP contribution in [-0.2, 0) is 0 Å². The van der Waals surface area contributed by atoms with Gasteiger partial charge in [0, 0.05) is 5.70 Å². The highest BCUT2D eigenvalue weighted by Crippen LogP contribution is 2.11. The van der Waals surface area contributed by atoms with Crippen LogP contribution in [0.1, 0.15) is 19.4 Å². The molecule has 1 aromatic rings. The van der Waals surface area contributed by atoms with Crippen LogP contribution in [0.25, 0.3) is 5.70 Å². The first kappa shape index (κ1) is 11.3. The van der Waals surface area contributed by atoms with Crippen molar-refractivity contribution >= 4 is 5.70 Å². The molecular weight excluding hydrogens is 182 g/mol. The van der Waals surface area contributed by atoms with E-state index in [2.05, 4.69) is 6.58 Å². The zero-order chi connectivity index (χ0) is 11.3. The van der Waals surface area contributed by atoms with Gasteiger partial charge in [-0.1, -0.05) is 48.6 Å². The molecule has 1 nitrogen and oxygen atoms in total. The highest BCUT2D eigenvalue weighted by Gasteiger charge is 1.94. The first-order valence-electron chi connectivity index (χ1n) is 4.96. The fourth-order valence-electron chi connectivity index (χ4n) is 1.39. The summed E-state index contributed by atoms with van der Waals surface area (Å²) < 4.78 is 0. The van der Waals surface area contributed by atoms with Crippen LogP contribution in [0.5, 0.6) is 0 Å². The zero-order valence-electron chi connectivity index (χ0n) is 9.33. The standard InChI is InChI=1S/C14H17N/c1-11(2)9-12(3)10-14(15)13-7-5-4-6-8-13/h4-10H,1,15H2,2-3H3/b12-9-,14-10-. The van der Waals surface area contributed by atoms with E-state index in [0.717, 1.165) is 22.4 Å². The monoisotopic (exact) mass is 199 g/mol. The SMILES string of the molecule is C=C(C)/C=C(C)\C=C(/N)c1ccccc1. The molecule has 78 valence electrons. The van der Waals surface area contributed by atoms with Gasteiger partial charge in [-0.05, 0) is 31.1 Å². The second-order valence-corrected chi connectivity index (χ2v) is 3.70. The Morgan fingerprint density at radius 2 is 1.73 bits per heavy atom. The van der Waals surface area contributed by atoms with Gasteiger partial charge in [-0.25, -0.2) is 0 Å². The van der Waals surface area contributed by atoms with Gasteiger partial charge in [-0.3, -0.25) is 0 Å². The lowest BCUT2D eigenvalue weighted by atomic mass is 10.1. The molecule has 0 atom stereocenters. The minimum atomic E-state index is 0.783. The van der Waals surface area contributed by atoms with E-state index in [-0.39, 0.29) is 0 Å². The third-order valence-electron chi connectivity index (χ3n) is 1.96. The van der Waals surface area contributed by atoms with Gasteiger partial charge >= 0.3 is 0 Å². The number of allylic oxidation sites excluding steroid dienone is 4. The lowest BCUT2D eigenvalue weighted by Gasteiger charge is -2.01. The van der Waals surface area contributed by atoms with E-state index in [0.29, 0.717) is 0 Å². The zero-order valence-corrected chi connectivity index (χ0v) is 9.33. The topological polar surface area (TPSA) is 26.0 Å². The molecule has 1 heteroatoms. The normalized spacial score (nSPS) is 12.7. The van der Waals surface area contributed by atoms with Crippen LogP contribution in [0.2, 0.25) is 0 Å². The number of benzene rings is 1. The maximum atomic E-state index is 5.96. The van der Waals surface area contributed by atoms with E-state index in [9.17, 15) is 0 Å². The van der Waals surface area contributed by atoms with Crippen molar-refractivity contribution in [3.8, 4) is 0 Å². The predicted molar refractivity (Wildman–Crippen MR) is 67.2 cm³/mol. The molecule has 0 aliphatic carbocycles. The molecule has 0 amide bonds. The lowest BCUT2D eigenvalue weighted by Crippen LogP contribution is -1.95. The molecule has 1 aromatic carbocycles. The van der Waals surface area contributed by atoms with E-state index in [4.69, 9.17) is 5.73 Å². The third kappa shape index (κ3) is 3.86. The smallest absolute Gasteiger partial charge is 0.0390 e. The Labute approximate surface area is 91.6 Å². The number of hydrogen-bond acceptors (Lipinski definition) is 1. The summed E-state index contributed by atoms with van der Waals surface area (Å²) in [6.45, 7) is 7.82. The van der Waals surface area contributed by atoms with Crippen molar-refractivity contribution < 1.29 is 0 Å². The molecule has 15 heavy (non-hydrogen) atoms. The maximum Gasteiger partial charge on any atom is 0.0390 e. The van der Waals surface area contributed by atoms with Gasteiger partial charge in [0.2, 0.25) is 0 Å². The van der Waals surface area contributed by atoms with Gasteiger partial charge in [0.05, 0.1) is 0 Å². The molecule has 0 heterocycles. The summed E-state index contributed by atoms with van der Waals surface area (Å²) in [6.07, 6.45) is 3.97. The van der Waals surface area contributed by atoms with Gasteiger partial charge in [-0.15, -0.1) is 0 Å². The summed E-state index contributed by atoms with van der Waals surface area (Å²) in [6, 6.07) is 9.94. The van der Waals surface area contributed by atoms with Crippen molar-refractivity contribution in [2.75, 3.05) is 0 Å². The summed E-state index contributed by atoms with van der Waals surface area (Å²) in [4.78, 5) is 0. The molecule has 0 fully saturated rings. The molecule has 0 saturated carbocycles. The molecule has 0 radical (unpaired) electrons. The van der Waals surface area contributed by atoms with E-state index in [1.54, 1.807) is 0 Å². The fraction of sp³-hybridized carbons (Fsp3) is 0.143. The number of rotatable bonds is 3. The van der Waals surface area contributed by atoms with Crippen molar-refractivity contribution in [2.45, 2.75) is 13.8 Å².